The van der Waals surface area contributed by atoms with Gasteiger partial charge in [0, 0.05) is 45.5 Å². The summed E-state index contributed by atoms with van der Waals surface area (Å²) < 4.78 is 0. The summed E-state index contributed by atoms with van der Waals surface area (Å²) in [6.45, 7) is 5.04. The zero-order valence-electron chi connectivity index (χ0n) is 13.7. The number of aromatic nitrogens is 1. The number of hydrogen-bond acceptors (Lipinski definition) is 3. The van der Waals surface area contributed by atoms with Crippen molar-refractivity contribution >= 4 is 6.03 Å². The van der Waals surface area contributed by atoms with Crippen molar-refractivity contribution in [2.45, 2.75) is 32.2 Å². The van der Waals surface area contributed by atoms with Gasteiger partial charge in [0.25, 0.3) is 0 Å². The van der Waals surface area contributed by atoms with E-state index in [4.69, 9.17) is 0 Å². The third kappa shape index (κ3) is 4.79. The molecule has 5 heteroatoms. The quantitative estimate of drug-likeness (QED) is 0.849. The molecule has 0 aromatic carbocycles. The number of nitrogens with one attached hydrogen (secondary N) is 1. The molecule has 0 atom stereocenters. The first-order valence-electron chi connectivity index (χ1n) is 8.64. The number of pyridine rings is 1. The van der Waals surface area contributed by atoms with E-state index in [9.17, 15) is 4.79 Å². The van der Waals surface area contributed by atoms with Gasteiger partial charge in [0.15, 0.2) is 0 Å². The minimum absolute atomic E-state index is 0.0843. The van der Waals surface area contributed by atoms with Crippen LogP contribution in [0.3, 0.4) is 0 Å². The minimum Gasteiger partial charge on any atom is -0.338 e. The highest BCUT2D eigenvalue weighted by molar-refractivity contribution is 5.74. The highest BCUT2D eigenvalue weighted by Gasteiger charge is 2.21. The molecule has 1 aliphatic carbocycles. The van der Waals surface area contributed by atoms with E-state index < -0.39 is 0 Å². The summed E-state index contributed by atoms with van der Waals surface area (Å²) in [6, 6.07) is 6.09. The van der Waals surface area contributed by atoms with Crippen LogP contribution in [0.4, 0.5) is 4.79 Å². The number of rotatable bonds is 5. The first-order valence-corrected chi connectivity index (χ1v) is 8.64. The monoisotopic (exact) mass is 314 g/mol. The summed E-state index contributed by atoms with van der Waals surface area (Å²) in [5.74, 6) is 0. The van der Waals surface area contributed by atoms with Crippen molar-refractivity contribution in [2.75, 3.05) is 32.7 Å². The van der Waals surface area contributed by atoms with Gasteiger partial charge in [0.05, 0.1) is 5.69 Å². The second-order valence-corrected chi connectivity index (χ2v) is 6.32. The molecule has 1 aliphatic heterocycles. The van der Waals surface area contributed by atoms with Crippen molar-refractivity contribution in [2.24, 2.45) is 0 Å². The second kappa shape index (κ2) is 8.11. The second-order valence-electron chi connectivity index (χ2n) is 6.32. The van der Waals surface area contributed by atoms with E-state index in [1.807, 2.05) is 23.2 Å². The van der Waals surface area contributed by atoms with Crippen LogP contribution < -0.4 is 5.32 Å². The summed E-state index contributed by atoms with van der Waals surface area (Å²) in [5, 5.41) is 3.06. The molecule has 0 bridgehead atoms. The lowest BCUT2D eigenvalue weighted by Crippen LogP contribution is -2.51. The van der Waals surface area contributed by atoms with Crippen LogP contribution in [0.25, 0.3) is 0 Å². The SMILES string of the molecule is O=C(NCCC1=CCCC1)N1CCN(Cc2ccccn2)CC1. The largest absolute Gasteiger partial charge is 0.338 e. The highest BCUT2D eigenvalue weighted by Crippen LogP contribution is 2.19. The van der Waals surface area contributed by atoms with Crippen molar-refractivity contribution in [1.82, 2.24) is 20.1 Å². The Balaban J connectivity index is 1.35. The molecule has 0 spiro atoms. The minimum atomic E-state index is 0.0843. The molecule has 1 saturated heterocycles. The Morgan fingerprint density at radius 3 is 2.78 bits per heavy atom. The van der Waals surface area contributed by atoms with Crippen molar-refractivity contribution in [3.63, 3.8) is 0 Å². The van der Waals surface area contributed by atoms with E-state index in [-0.39, 0.29) is 6.03 Å². The van der Waals surface area contributed by atoms with Gasteiger partial charge in [-0.1, -0.05) is 17.7 Å². The van der Waals surface area contributed by atoms with Gasteiger partial charge in [0.1, 0.15) is 0 Å². The van der Waals surface area contributed by atoms with Gasteiger partial charge >= 0.3 is 6.03 Å². The number of hydrogen-bond donors (Lipinski definition) is 1. The Bertz CT molecular complexity index is 535. The third-order valence-corrected chi connectivity index (χ3v) is 4.63. The molecule has 0 unspecified atom stereocenters. The first kappa shape index (κ1) is 16.0. The average molecular weight is 314 g/mol. The zero-order valence-corrected chi connectivity index (χ0v) is 13.7. The van der Waals surface area contributed by atoms with Crippen LogP contribution >= 0.6 is 0 Å². The Morgan fingerprint density at radius 2 is 2.09 bits per heavy atom. The molecule has 23 heavy (non-hydrogen) atoms. The zero-order chi connectivity index (χ0) is 15.9. The molecule has 5 nitrogen and oxygen atoms in total. The molecule has 1 aromatic rings. The van der Waals surface area contributed by atoms with Crippen molar-refractivity contribution in [3.05, 3.63) is 41.7 Å². The van der Waals surface area contributed by atoms with E-state index in [1.54, 1.807) is 0 Å². The molecule has 1 N–H and O–H groups in total. The topological polar surface area (TPSA) is 48.5 Å². The van der Waals surface area contributed by atoms with Crippen LogP contribution in [-0.4, -0.2) is 53.5 Å². The van der Waals surface area contributed by atoms with Crippen molar-refractivity contribution in [3.8, 4) is 0 Å². The van der Waals surface area contributed by atoms with E-state index in [1.165, 1.54) is 24.8 Å². The maximum Gasteiger partial charge on any atom is 0.317 e. The summed E-state index contributed by atoms with van der Waals surface area (Å²) in [5.41, 5.74) is 2.60. The van der Waals surface area contributed by atoms with Crippen LogP contribution in [0.15, 0.2) is 36.0 Å². The number of carbonyl (C=O) groups excluding carboxylic acids is 1. The fraction of sp³-hybridized carbons (Fsp3) is 0.556. The third-order valence-electron chi connectivity index (χ3n) is 4.63. The number of allylic oxidation sites excluding steroid dienone is 1. The van der Waals surface area contributed by atoms with E-state index in [2.05, 4.69) is 27.3 Å². The molecule has 124 valence electrons. The van der Waals surface area contributed by atoms with Gasteiger partial charge in [0.2, 0.25) is 0 Å². The number of amides is 2. The Labute approximate surface area is 138 Å². The number of piperazine rings is 1. The Morgan fingerprint density at radius 1 is 1.22 bits per heavy atom. The molecule has 1 aromatic heterocycles. The van der Waals surface area contributed by atoms with E-state index >= 15 is 0 Å². The highest BCUT2D eigenvalue weighted by atomic mass is 16.2. The smallest absolute Gasteiger partial charge is 0.317 e. The van der Waals surface area contributed by atoms with Crippen LogP contribution in [0.1, 0.15) is 31.4 Å². The normalized spacial score (nSPS) is 18.8. The van der Waals surface area contributed by atoms with Crippen molar-refractivity contribution in [1.29, 1.82) is 0 Å². The van der Waals surface area contributed by atoms with Gasteiger partial charge in [-0.15, -0.1) is 0 Å². The molecule has 0 saturated carbocycles. The standard InChI is InChI=1S/C18H26N4O/c23-18(20-10-8-16-5-1-2-6-16)22-13-11-21(12-14-22)15-17-7-3-4-9-19-17/h3-5,7,9H,1-2,6,8,10-15H2,(H,20,23). The first-order chi connectivity index (χ1) is 11.3. The predicted octanol–water partition coefficient (Wildman–Crippen LogP) is 2.41. The molecular formula is C18H26N4O. The van der Waals surface area contributed by atoms with Gasteiger partial charge < -0.3 is 10.2 Å². The number of nitrogens with zero attached hydrogens (tertiary/aromatic N) is 3. The lowest BCUT2D eigenvalue weighted by molar-refractivity contribution is 0.134. The van der Waals surface area contributed by atoms with Gasteiger partial charge in [-0.3, -0.25) is 9.88 Å². The maximum absolute atomic E-state index is 12.2. The number of carbonyl (C=O) groups is 1. The molecule has 1 fully saturated rings. The summed E-state index contributed by atoms with van der Waals surface area (Å²) >= 11 is 0. The van der Waals surface area contributed by atoms with Crippen LogP contribution in [0.2, 0.25) is 0 Å². The maximum atomic E-state index is 12.2. The molecule has 2 aliphatic rings. The van der Waals surface area contributed by atoms with Gasteiger partial charge in [-0.25, -0.2) is 4.79 Å². The summed E-state index contributed by atoms with van der Waals surface area (Å²) in [6.07, 6.45) is 8.86. The van der Waals surface area contributed by atoms with E-state index in [0.717, 1.165) is 51.4 Å². The van der Waals surface area contributed by atoms with Gasteiger partial charge in [-0.05, 0) is 37.8 Å². The van der Waals surface area contributed by atoms with Crippen molar-refractivity contribution < 1.29 is 4.79 Å². The molecule has 2 amide bonds. The predicted molar refractivity (Wildman–Crippen MR) is 91.0 cm³/mol. The number of urea groups is 1. The molecular weight excluding hydrogens is 288 g/mol. The lowest BCUT2D eigenvalue weighted by atomic mass is 10.2. The Kier molecular flexibility index (Phi) is 5.64. The van der Waals surface area contributed by atoms with Gasteiger partial charge in [-0.2, -0.15) is 0 Å². The molecule has 3 rings (SSSR count). The van der Waals surface area contributed by atoms with E-state index in [0.29, 0.717) is 0 Å². The fourth-order valence-corrected chi connectivity index (χ4v) is 3.24. The summed E-state index contributed by atoms with van der Waals surface area (Å²) in [7, 11) is 0. The van der Waals surface area contributed by atoms with Crippen LogP contribution in [0.5, 0.6) is 0 Å². The molecule has 0 radical (unpaired) electrons. The lowest BCUT2D eigenvalue weighted by Gasteiger charge is -2.34. The van der Waals surface area contributed by atoms with Crippen LogP contribution in [-0.2, 0) is 6.54 Å². The summed E-state index contributed by atoms with van der Waals surface area (Å²) in [4.78, 5) is 20.9. The molecule has 2 heterocycles. The average Bonchev–Trinajstić information content (AvgIpc) is 3.10. The van der Waals surface area contributed by atoms with Crippen LogP contribution in [0, 0.1) is 0 Å². The fourth-order valence-electron chi connectivity index (χ4n) is 3.24. The Hall–Kier alpha value is -1.88.